The Balaban J connectivity index is 1.52. The van der Waals surface area contributed by atoms with Gasteiger partial charge in [0.05, 0.1) is 27.9 Å². The molecule has 0 unspecified atom stereocenters. The van der Waals surface area contributed by atoms with Gasteiger partial charge in [0, 0.05) is 17.8 Å². The highest BCUT2D eigenvalue weighted by Crippen LogP contribution is 2.30. The summed E-state index contributed by atoms with van der Waals surface area (Å²) in [5.41, 5.74) is 0.829. The maximum Gasteiger partial charge on any atom is 0.162 e. The minimum atomic E-state index is 0.495. The van der Waals surface area contributed by atoms with Crippen molar-refractivity contribution in [3.05, 3.63) is 54.9 Å². The fourth-order valence-electron chi connectivity index (χ4n) is 2.60. The molecule has 29 heavy (non-hydrogen) atoms. The number of nitrogens with one attached hydrogen (secondary N) is 2. The fourth-order valence-corrected chi connectivity index (χ4v) is 2.60. The monoisotopic (exact) mass is 396 g/mol. The Morgan fingerprint density at radius 3 is 2.21 bits per heavy atom. The molecule has 0 atom stereocenters. The first kappa shape index (κ1) is 20.1. The first-order chi connectivity index (χ1) is 14.2. The predicted octanol–water partition coefficient (Wildman–Crippen LogP) is 3.74. The Morgan fingerprint density at radius 2 is 1.48 bits per heavy atom. The van der Waals surface area contributed by atoms with Gasteiger partial charge in [-0.15, -0.1) is 0 Å². The van der Waals surface area contributed by atoms with E-state index in [1.807, 2.05) is 48.5 Å². The molecule has 0 spiro atoms. The van der Waals surface area contributed by atoms with E-state index in [0.29, 0.717) is 36.3 Å². The van der Waals surface area contributed by atoms with E-state index in [1.54, 1.807) is 21.3 Å². The number of nitrogens with zero attached hydrogens (tertiary/aromatic N) is 2. The first-order valence-corrected chi connectivity index (χ1v) is 9.03. The summed E-state index contributed by atoms with van der Waals surface area (Å²) in [7, 11) is 4.84. The molecule has 0 fully saturated rings. The van der Waals surface area contributed by atoms with Crippen molar-refractivity contribution in [3.8, 4) is 23.0 Å². The van der Waals surface area contributed by atoms with Crippen LogP contribution in [0.5, 0.6) is 23.0 Å². The van der Waals surface area contributed by atoms with Crippen LogP contribution < -0.4 is 29.6 Å². The Hall–Kier alpha value is -3.68. The molecular formula is C21H24N4O4. The van der Waals surface area contributed by atoms with E-state index >= 15 is 0 Å². The van der Waals surface area contributed by atoms with Gasteiger partial charge >= 0.3 is 0 Å². The number of rotatable bonds is 10. The van der Waals surface area contributed by atoms with Crippen molar-refractivity contribution in [1.82, 2.24) is 9.97 Å². The molecule has 0 saturated carbocycles. The summed E-state index contributed by atoms with van der Waals surface area (Å²) in [6.07, 6.45) is 1.50. The maximum absolute atomic E-state index is 5.70. The zero-order chi connectivity index (χ0) is 20.5. The molecule has 8 heteroatoms. The Kier molecular flexibility index (Phi) is 6.94. The van der Waals surface area contributed by atoms with Crippen molar-refractivity contribution >= 4 is 17.3 Å². The lowest BCUT2D eigenvalue weighted by Crippen LogP contribution is -2.12. The van der Waals surface area contributed by atoms with Gasteiger partial charge in [0.1, 0.15) is 36.1 Å². The van der Waals surface area contributed by atoms with Crippen LogP contribution in [0.25, 0.3) is 0 Å². The van der Waals surface area contributed by atoms with Gasteiger partial charge in [-0.3, -0.25) is 0 Å². The summed E-state index contributed by atoms with van der Waals surface area (Å²) < 4.78 is 21.4. The first-order valence-electron chi connectivity index (χ1n) is 9.03. The van der Waals surface area contributed by atoms with E-state index in [0.717, 1.165) is 17.2 Å². The zero-order valence-electron chi connectivity index (χ0n) is 16.6. The second kappa shape index (κ2) is 10.0. The number of ether oxygens (including phenoxy) is 4. The van der Waals surface area contributed by atoms with Crippen molar-refractivity contribution in [2.75, 3.05) is 45.1 Å². The Labute approximate surface area is 169 Å². The van der Waals surface area contributed by atoms with Crippen LogP contribution in [0.2, 0.25) is 0 Å². The van der Waals surface area contributed by atoms with Crippen LogP contribution in [-0.2, 0) is 0 Å². The number of hydrogen-bond donors (Lipinski definition) is 2. The lowest BCUT2D eigenvalue weighted by Gasteiger charge is -2.12. The SMILES string of the molecule is COc1ccc(OCCNc2cc(Nc3ccc(OC)c(OC)c3)ncn2)cc1. The number of aromatic nitrogens is 2. The molecule has 0 amide bonds. The van der Waals surface area contributed by atoms with E-state index in [-0.39, 0.29) is 0 Å². The third-order valence-electron chi connectivity index (χ3n) is 4.06. The molecule has 0 aliphatic carbocycles. The molecule has 152 valence electrons. The second-order valence-corrected chi connectivity index (χ2v) is 5.93. The Bertz CT molecular complexity index is 919. The second-order valence-electron chi connectivity index (χ2n) is 5.93. The summed E-state index contributed by atoms with van der Waals surface area (Å²) >= 11 is 0. The smallest absolute Gasteiger partial charge is 0.162 e. The van der Waals surface area contributed by atoms with Gasteiger partial charge in [-0.25, -0.2) is 9.97 Å². The number of benzene rings is 2. The lowest BCUT2D eigenvalue weighted by atomic mass is 10.2. The molecule has 0 bridgehead atoms. The van der Waals surface area contributed by atoms with E-state index in [9.17, 15) is 0 Å². The highest BCUT2D eigenvalue weighted by atomic mass is 16.5. The third-order valence-corrected chi connectivity index (χ3v) is 4.06. The summed E-state index contributed by atoms with van der Waals surface area (Å²) in [5, 5.41) is 6.45. The number of hydrogen-bond acceptors (Lipinski definition) is 8. The largest absolute Gasteiger partial charge is 0.497 e. The van der Waals surface area contributed by atoms with Crippen LogP contribution in [0.3, 0.4) is 0 Å². The van der Waals surface area contributed by atoms with Crippen molar-refractivity contribution < 1.29 is 18.9 Å². The van der Waals surface area contributed by atoms with Crippen molar-refractivity contribution in [2.45, 2.75) is 0 Å². The molecule has 0 saturated heterocycles. The van der Waals surface area contributed by atoms with Crippen molar-refractivity contribution in [2.24, 2.45) is 0 Å². The fraction of sp³-hybridized carbons (Fsp3) is 0.238. The van der Waals surface area contributed by atoms with Crippen LogP contribution in [-0.4, -0.2) is 44.4 Å². The minimum absolute atomic E-state index is 0.495. The quantitative estimate of drug-likeness (QED) is 0.501. The molecule has 3 rings (SSSR count). The average Bonchev–Trinajstić information content (AvgIpc) is 2.77. The van der Waals surface area contributed by atoms with Gasteiger partial charge in [0.2, 0.25) is 0 Å². The third kappa shape index (κ3) is 5.65. The van der Waals surface area contributed by atoms with Crippen LogP contribution in [0.1, 0.15) is 0 Å². The summed E-state index contributed by atoms with van der Waals surface area (Å²) in [6, 6.07) is 14.8. The lowest BCUT2D eigenvalue weighted by molar-refractivity contribution is 0.331. The summed E-state index contributed by atoms with van der Waals surface area (Å²) in [5.74, 6) is 4.24. The molecular weight excluding hydrogens is 372 g/mol. The highest BCUT2D eigenvalue weighted by molar-refractivity contribution is 5.62. The maximum atomic E-state index is 5.70. The van der Waals surface area contributed by atoms with Gasteiger partial charge in [-0.05, 0) is 36.4 Å². The van der Waals surface area contributed by atoms with E-state index in [1.165, 1.54) is 6.33 Å². The zero-order valence-corrected chi connectivity index (χ0v) is 16.6. The van der Waals surface area contributed by atoms with Crippen LogP contribution >= 0.6 is 0 Å². The molecule has 0 aliphatic heterocycles. The standard InChI is InChI=1S/C21H24N4O4/c1-26-16-5-7-17(8-6-16)29-11-10-22-20-13-21(24-14-23-20)25-15-4-9-18(27-2)19(12-15)28-3/h4-9,12-14H,10-11H2,1-3H3,(H2,22,23,24,25). The predicted molar refractivity (Wildman–Crippen MR) is 112 cm³/mol. The molecule has 2 N–H and O–H groups in total. The average molecular weight is 396 g/mol. The van der Waals surface area contributed by atoms with Crippen molar-refractivity contribution in [1.29, 1.82) is 0 Å². The molecule has 8 nitrogen and oxygen atoms in total. The number of anilines is 3. The van der Waals surface area contributed by atoms with E-state index in [2.05, 4.69) is 20.6 Å². The molecule has 1 heterocycles. The van der Waals surface area contributed by atoms with Crippen LogP contribution in [0, 0.1) is 0 Å². The van der Waals surface area contributed by atoms with E-state index in [4.69, 9.17) is 18.9 Å². The molecule has 2 aromatic carbocycles. The van der Waals surface area contributed by atoms with Crippen LogP contribution in [0.4, 0.5) is 17.3 Å². The van der Waals surface area contributed by atoms with Gasteiger partial charge in [0.25, 0.3) is 0 Å². The minimum Gasteiger partial charge on any atom is -0.497 e. The molecule has 3 aromatic rings. The Morgan fingerprint density at radius 1 is 0.759 bits per heavy atom. The summed E-state index contributed by atoms with van der Waals surface area (Å²) in [4.78, 5) is 8.48. The topological polar surface area (TPSA) is 86.8 Å². The van der Waals surface area contributed by atoms with Crippen LogP contribution in [0.15, 0.2) is 54.9 Å². The molecule has 0 aliphatic rings. The number of methoxy groups -OCH3 is 3. The highest BCUT2D eigenvalue weighted by Gasteiger charge is 2.06. The van der Waals surface area contributed by atoms with E-state index < -0.39 is 0 Å². The summed E-state index contributed by atoms with van der Waals surface area (Å²) in [6.45, 7) is 1.09. The van der Waals surface area contributed by atoms with Gasteiger partial charge < -0.3 is 29.6 Å². The van der Waals surface area contributed by atoms with Gasteiger partial charge in [-0.2, -0.15) is 0 Å². The normalized spacial score (nSPS) is 10.2. The molecule has 0 radical (unpaired) electrons. The van der Waals surface area contributed by atoms with Gasteiger partial charge in [-0.1, -0.05) is 0 Å². The molecule has 1 aromatic heterocycles. The van der Waals surface area contributed by atoms with Gasteiger partial charge in [0.15, 0.2) is 11.5 Å². The van der Waals surface area contributed by atoms with Crippen molar-refractivity contribution in [3.63, 3.8) is 0 Å².